The van der Waals surface area contributed by atoms with Crippen molar-refractivity contribution >= 4 is 11.9 Å². The van der Waals surface area contributed by atoms with E-state index in [2.05, 4.69) is 25.8 Å². The Morgan fingerprint density at radius 1 is 0.878 bits per heavy atom. The molecule has 4 aliphatic carbocycles. The highest BCUT2D eigenvalue weighted by atomic mass is 16.5. The summed E-state index contributed by atoms with van der Waals surface area (Å²) in [5.74, 6) is 2.59. The van der Waals surface area contributed by atoms with Crippen LogP contribution in [0.5, 0.6) is 0 Å². The summed E-state index contributed by atoms with van der Waals surface area (Å²) in [5, 5.41) is 0. The van der Waals surface area contributed by atoms with Gasteiger partial charge < -0.3 is 14.0 Å². The van der Waals surface area contributed by atoms with E-state index in [9.17, 15) is 9.59 Å². The van der Waals surface area contributed by atoms with Crippen molar-refractivity contribution in [2.45, 2.75) is 142 Å². The topological polar surface area (TPSA) is 55.8 Å². The number of fused-ring (bicyclic) bond motifs is 5. The predicted octanol–water partition coefficient (Wildman–Crippen LogP) is 6.36. The molecule has 0 N–H and O–H groups in total. The lowest BCUT2D eigenvalue weighted by molar-refractivity contribution is -0.940. The molecule has 6 aliphatic rings. The summed E-state index contributed by atoms with van der Waals surface area (Å²) in [4.78, 5) is 27.8. The Morgan fingerprint density at radius 3 is 2.27 bits per heavy atom. The maximum absolute atomic E-state index is 12.9. The third-order valence-corrected chi connectivity index (χ3v) is 14.0. The molecule has 6 heteroatoms. The molecule has 0 aromatic heterocycles. The summed E-state index contributed by atoms with van der Waals surface area (Å²) >= 11 is 0. The highest BCUT2D eigenvalue weighted by Crippen LogP contribution is 2.67. The Morgan fingerprint density at radius 2 is 1.59 bits per heavy atom. The van der Waals surface area contributed by atoms with Crippen LogP contribution in [0.2, 0.25) is 0 Å². The summed E-state index contributed by atoms with van der Waals surface area (Å²) in [6.45, 7) is 13.5. The Kier molecular flexibility index (Phi) is 8.33. The lowest BCUT2D eigenvalue weighted by Crippen LogP contribution is -2.61. The van der Waals surface area contributed by atoms with Crippen LogP contribution < -0.4 is 0 Å². The Labute approximate surface area is 249 Å². The van der Waals surface area contributed by atoms with Gasteiger partial charge in [-0.2, -0.15) is 0 Å². The molecule has 0 unspecified atom stereocenters. The first kappa shape index (κ1) is 29.9. The van der Waals surface area contributed by atoms with E-state index in [0.29, 0.717) is 41.7 Å². The monoisotopic (exact) mass is 571 g/mol. The van der Waals surface area contributed by atoms with Crippen molar-refractivity contribution in [3.8, 4) is 0 Å². The number of hydrogen-bond acceptors (Lipinski definition) is 5. The molecule has 2 heterocycles. The number of hydrogen-bond donors (Lipinski definition) is 0. The second-order valence-electron chi connectivity index (χ2n) is 16.0. The first-order chi connectivity index (χ1) is 19.6. The van der Waals surface area contributed by atoms with Crippen molar-refractivity contribution in [1.82, 2.24) is 4.90 Å². The van der Waals surface area contributed by atoms with Gasteiger partial charge in [-0.15, -0.1) is 0 Å². The van der Waals surface area contributed by atoms with Gasteiger partial charge in [-0.1, -0.05) is 27.2 Å². The lowest BCUT2D eigenvalue weighted by Gasteiger charge is -2.62. The molecule has 4 saturated carbocycles. The number of quaternary nitrogens is 1. The zero-order valence-electron chi connectivity index (χ0n) is 26.9. The smallest absolute Gasteiger partial charge is 0.306 e. The molecule has 0 radical (unpaired) electrons. The average molecular weight is 572 g/mol. The van der Waals surface area contributed by atoms with E-state index in [1.807, 2.05) is 6.92 Å². The van der Waals surface area contributed by atoms with E-state index in [1.54, 1.807) is 6.92 Å². The van der Waals surface area contributed by atoms with E-state index in [0.717, 1.165) is 29.9 Å². The minimum atomic E-state index is -0.110. The molecular weight excluding hydrogens is 512 g/mol. The van der Waals surface area contributed by atoms with E-state index in [1.165, 1.54) is 90.1 Å². The normalized spacial score (nSPS) is 46.1. The van der Waals surface area contributed by atoms with Gasteiger partial charge in [0, 0.05) is 31.2 Å². The Bertz CT molecular complexity index is 973. The van der Waals surface area contributed by atoms with Gasteiger partial charge in [-0.3, -0.25) is 14.5 Å². The van der Waals surface area contributed by atoms with Gasteiger partial charge in [0.1, 0.15) is 12.1 Å². The summed E-state index contributed by atoms with van der Waals surface area (Å²) in [6, 6.07) is 0.797. The molecule has 6 fully saturated rings. The third kappa shape index (κ3) is 5.19. The molecule has 0 amide bonds. The maximum Gasteiger partial charge on any atom is 0.306 e. The van der Waals surface area contributed by atoms with Gasteiger partial charge in [-0.25, -0.2) is 0 Å². The molecule has 41 heavy (non-hydrogen) atoms. The predicted molar refractivity (Wildman–Crippen MR) is 161 cm³/mol. The molecule has 6 nitrogen and oxygen atoms in total. The van der Waals surface area contributed by atoms with Crippen LogP contribution in [-0.2, 0) is 19.1 Å². The Balaban J connectivity index is 1.29. The van der Waals surface area contributed by atoms with Crippen LogP contribution in [0, 0.1) is 34.5 Å². The van der Waals surface area contributed by atoms with E-state index in [4.69, 9.17) is 9.47 Å². The quantitative estimate of drug-likeness (QED) is 0.284. The second kappa shape index (κ2) is 11.4. The van der Waals surface area contributed by atoms with Gasteiger partial charge >= 0.3 is 11.9 Å². The minimum absolute atomic E-state index is 0.00329. The molecule has 0 spiro atoms. The largest absolute Gasteiger partial charge is 0.461 e. The number of ether oxygens (including phenoxy) is 2. The fourth-order valence-corrected chi connectivity index (χ4v) is 11.8. The van der Waals surface area contributed by atoms with E-state index < -0.39 is 0 Å². The first-order valence-corrected chi connectivity index (χ1v) is 17.5. The van der Waals surface area contributed by atoms with E-state index >= 15 is 0 Å². The van der Waals surface area contributed by atoms with Gasteiger partial charge in [-0.05, 0) is 113 Å². The van der Waals surface area contributed by atoms with Crippen molar-refractivity contribution in [1.29, 1.82) is 0 Å². The lowest BCUT2D eigenvalue weighted by atomic mass is 9.44. The fraction of sp³-hybridized carbons (Fsp3) is 0.943. The van der Waals surface area contributed by atoms with Crippen LogP contribution in [0.4, 0.5) is 0 Å². The SMILES string of the molecule is CCC(=O)O[C@H]1[C@@H]([N+]2(C)CCCCC2)C[C@H]2[C@@H]3CC[C@H]4C[C@H](OC(C)=O)[C@@H](N5CCCCC5)C[C@]4(C)[C@H]3CC[C@@]21C. The number of carbonyl (C=O) groups is 2. The standard InChI is InChI=1S/C35H59N2O4/c1-6-32(39)41-33-30(37(5)19-11-8-12-20-37)22-28-26-14-13-25-21-31(40-24(2)38)29(36-17-9-7-10-18-36)23-35(25,4)27(26)15-16-34(28,33)3/h25-31,33H,6-23H2,1-5H3/q+1/t25-,26+,27-,28-,29-,30-,31-,33-,34-,35-/m0/s1. The van der Waals surface area contributed by atoms with Crippen LogP contribution in [0.15, 0.2) is 0 Å². The molecule has 232 valence electrons. The van der Waals surface area contributed by atoms with Gasteiger partial charge in [0.2, 0.25) is 0 Å². The van der Waals surface area contributed by atoms with Crippen molar-refractivity contribution in [3.63, 3.8) is 0 Å². The summed E-state index contributed by atoms with van der Waals surface area (Å²) in [7, 11) is 2.48. The van der Waals surface area contributed by atoms with Crippen molar-refractivity contribution in [2.24, 2.45) is 34.5 Å². The molecular formula is C35H59N2O4+. The van der Waals surface area contributed by atoms with Crippen molar-refractivity contribution in [2.75, 3.05) is 33.2 Å². The number of rotatable bonds is 5. The molecule has 0 bridgehead atoms. The number of nitrogens with zero attached hydrogens (tertiary/aromatic N) is 2. The number of piperidine rings is 2. The van der Waals surface area contributed by atoms with Crippen LogP contribution in [0.1, 0.15) is 118 Å². The van der Waals surface area contributed by atoms with E-state index in [-0.39, 0.29) is 29.6 Å². The van der Waals surface area contributed by atoms with Gasteiger partial charge in [0.15, 0.2) is 6.10 Å². The minimum Gasteiger partial charge on any atom is -0.461 e. The number of carbonyl (C=O) groups excluding carboxylic acids is 2. The maximum atomic E-state index is 12.9. The fourth-order valence-electron chi connectivity index (χ4n) is 11.8. The molecule has 10 atom stereocenters. The molecule has 2 aliphatic heterocycles. The zero-order valence-corrected chi connectivity index (χ0v) is 26.9. The summed E-state index contributed by atoms with van der Waals surface area (Å²) < 4.78 is 13.7. The molecule has 6 rings (SSSR count). The summed E-state index contributed by atoms with van der Waals surface area (Å²) in [5.41, 5.74) is 0.375. The van der Waals surface area contributed by atoms with Gasteiger partial charge in [0.25, 0.3) is 0 Å². The first-order valence-electron chi connectivity index (χ1n) is 17.5. The Hall–Kier alpha value is -1.14. The third-order valence-electron chi connectivity index (χ3n) is 14.0. The van der Waals surface area contributed by atoms with Crippen LogP contribution in [-0.4, -0.2) is 78.8 Å². The van der Waals surface area contributed by atoms with Gasteiger partial charge in [0.05, 0.1) is 20.1 Å². The molecule has 0 aromatic rings. The molecule has 2 saturated heterocycles. The number of likely N-dealkylation sites (tertiary alicyclic amines) is 2. The highest BCUT2D eigenvalue weighted by Gasteiger charge is 2.67. The second-order valence-corrected chi connectivity index (χ2v) is 16.0. The van der Waals surface area contributed by atoms with Crippen LogP contribution in [0.25, 0.3) is 0 Å². The van der Waals surface area contributed by atoms with Crippen LogP contribution in [0.3, 0.4) is 0 Å². The zero-order chi connectivity index (χ0) is 29.0. The summed E-state index contributed by atoms with van der Waals surface area (Å²) in [6.07, 6.45) is 16.8. The molecule has 0 aromatic carbocycles. The van der Waals surface area contributed by atoms with Crippen molar-refractivity contribution < 1.29 is 23.5 Å². The number of likely N-dealkylation sites (N-methyl/N-ethyl adjacent to an activating group) is 1. The van der Waals surface area contributed by atoms with Crippen LogP contribution >= 0.6 is 0 Å². The highest BCUT2D eigenvalue weighted by molar-refractivity contribution is 5.69. The number of esters is 2. The van der Waals surface area contributed by atoms with Crippen molar-refractivity contribution in [3.05, 3.63) is 0 Å². The average Bonchev–Trinajstić information content (AvgIpc) is 3.26.